The Balaban J connectivity index is 1.31. The first-order chi connectivity index (χ1) is 15.5. The minimum absolute atomic E-state index is 0.0200. The molecule has 10 heteroatoms. The van der Waals surface area contributed by atoms with Crippen LogP contribution in [0.2, 0.25) is 0 Å². The number of carbonyl (C=O) groups excluding carboxylic acids is 2. The van der Waals surface area contributed by atoms with Crippen molar-refractivity contribution in [2.75, 3.05) is 44.2 Å². The van der Waals surface area contributed by atoms with Crippen LogP contribution in [0.4, 0.5) is 14.9 Å². The van der Waals surface area contributed by atoms with Gasteiger partial charge in [0.2, 0.25) is 5.91 Å². The van der Waals surface area contributed by atoms with Gasteiger partial charge in [-0.15, -0.1) is 0 Å². The molecule has 2 fully saturated rings. The van der Waals surface area contributed by atoms with E-state index in [0.29, 0.717) is 32.8 Å². The number of ether oxygens (including phenoxy) is 2. The van der Waals surface area contributed by atoms with Crippen molar-refractivity contribution in [2.45, 2.75) is 25.9 Å². The molecule has 3 heterocycles. The quantitative estimate of drug-likeness (QED) is 0.653. The fourth-order valence-corrected chi connectivity index (χ4v) is 3.89. The fraction of sp³-hybridized carbons (Fsp3) is 0.455. The number of halogens is 1. The molecule has 2 aliphatic rings. The molecule has 1 aromatic carbocycles. The predicted molar refractivity (Wildman–Crippen MR) is 114 cm³/mol. The Kier molecular flexibility index (Phi) is 6.67. The molecule has 3 amide bonds. The Morgan fingerprint density at radius 1 is 1.16 bits per heavy atom. The summed E-state index contributed by atoms with van der Waals surface area (Å²) in [5, 5.41) is 0. The fourth-order valence-electron chi connectivity index (χ4n) is 3.89. The number of nitrogens with zero attached hydrogens (tertiary/aromatic N) is 5. The van der Waals surface area contributed by atoms with Crippen LogP contribution >= 0.6 is 0 Å². The summed E-state index contributed by atoms with van der Waals surface area (Å²) in [5.74, 6) is 0.0930. The highest BCUT2D eigenvalue weighted by atomic mass is 19.1. The number of hydrogen-bond acceptors (Lipinski definition) is 6. The van der Waals surface area contributed by atoms with E-state index in [1.165, 1.54) is 0 Å². The van der Waals surface area contributed by atoms with Crippen molar-refractivity contribution >= 4 is 17.6 Å². The van der Waals surface area contributed by atoms with E-state index >= 15 is 0 Å². The van der Waals surface area contributed by atoms with Crippen LogP contribution in [-0.4, -0.2) is 77.1 Å². The van der Waals surface area contributed by atoms with Crippen LogP contribution in [0.25, 0.3) is 0 Å². The third-order valence-electron chi connectivity index (χ3n) is 5.48. The van der Waals surface area contributed by atoms with Gasteiger partial charge in [0, 0.05) is 25.3 Å². The average molecular weight is 443 g/mol. The summed E-state index contributed by atoms with van der Waals surface area (Å²) in [6, 6.07) is 7.26. The van der Waals surface area contributed by atoms with Crippen molar-refractivity contribution in [3.63, 3.8) is 0 Å². The van der Waals surface area contributed by atoms with Crippen molar-refractivity contribution in [1.82, 2.24) is 19.8 Å². The second-order valence-electron chi connectivity index (χ2n) is 7.69. The molecular formula is C22H26FN5O4. The molecule has 0 radical (unpaired) electrons. The Hall–Kier alpha value is -3.43. The molecule has 2 aromatic rings. The van der Waals surface area contributed by atoms with Gasteiger partial charge in [0.15, 0.2) is 5.82 Å². The van der Waals surface area contributed by atoms with E-state index < -0.39 is 5.82 Å². The Bertz CT molecular complexity index is 940. The number of piperidine rings is 1. The number of benzene rings is 1. The standard InChI is InChI=1S/C22H26FN5O4/c1-2-31-18-7-5-17(6-8-18)28-11-10-27(22(28)30)15-20(29)26-9-3-4-19(14-26)32-21-24-12-16(23)13-25-21/h5-8,12-13,19H,2-4,9-11,14-15H2,1H3. The predicted octanol–water partition coefficient (Wildman–Crippen LogP) is 2.33. The van der Waals surface area contributed by atoms with Crippen LogP contribution in [-0.2, 0) is 4.79 Å². The number of urea groups is 1. The molecule has 170 valence electrons. The molecular weight excluding hydrogens is 417 g/mol. The second-order valence-corrected chi connectivity index (χ2v) is 7.69. The Morgan fingerprint density at radius 2 is 1.91 bits per heavy atom. The number of rotatable bonds is 7. The van der Waals surface area contributed by atoms with Gasteiger partial charge in [0.25, 0.3) is 0 Å². The summed E-state index contributed by atoms with van der Waals surface area (Å²) in [6.45, 7) is 4.50. The van der Waals surface area contributed by atoms with E-state index in [1.807, 2.05) is 31.2 Å². The topological polar surface area (TPSA) is 88.1 Å². The van der Waals surface area contributed by atoms with Crippen LogP contribution in [0.1, 0.15) is 19.8 Å². The zero-order valence-corrected chi connectivity index (χ0v) is 17.9. The van der Waals surface area contributed by atoms with Crippen LogP contribution in [0.5, 0.6) is 11.8 Å². The van der Waals surface area contributed by atoms with Crippen molar-refractivity contribution < 1.29 is 23.5 Å². The van der Waals surface area contributed by atoms with E-state index in [0.717, 1.165) is 36.7 Å². The van der Waals surface area contributed by atoms with Crippen molar-refractivity contribution in [3.8, 4) is 11.8 Å². The first kappa shape index (κ1) is 21.8. The van der Waals surface area contributed by atoms with Gasteiger partial charge in [-0.25, -0.2) is 19.2 Å². The lowest BCUT2D eigenvalue weighted by atomic mass is 10.1. The first-order valence-electron chi connectivity index (χ1n) is 10.7. The van der Waals surface area contributed by atoms with E-state index in [9.17, 15) is 14.0 Å². The minimum atomic E-state index is -0.535. The lowest BCUT2D eigenvalue weighted by molar-refractivity contribution is -0.134. The molecule has 1 aromatic heterocycles. The average Bonchev–Trinajstić information content (AvgIpc) is 3.16. The van der Waals surface area contributed by atoms with E-state index in [1.54, 1.807) is 14.7 Å². The maximum atomic E-state index is 13.0. The third kappa shape index (κ3) is 5.06. The molecule has 2 aliphatic heterocycles. The Labute approximate surface area is 185 Å². The molecule has 9 nitrogen and oxygen atoms in total. The first-order valence-corrected chi connectivity index (χ1v) is 10.7. The number of anilines is 1. The largest absolute Gasteiger partial charge is 0.494 e. The molecule has 2 saturated heterocycles. The van der Waals surface area contributed by atoms with Crippen LogP contribution < -0.4 is 14.4 Å². The van der Waals surface area contributed by atoms with Crippen molar-refractivity contribution in [1.29, 1.82) is 0 Å². The smallest absolute Gasteiger partial charge is 0.325 e. The summed E-state index contributed by atoms with van der Waals surface area (Å²) < 4.78 is 24.1. The molecule has 0 saturated carbocycles. The highest BCUT2D eigenvalue weighted by Crippen LogP contribution is 2.24. The summed E-state index contributed by atoms with van der Waals surface area (Å²) >= 11 is 0. The van der Waals surface area contributed by atoms with Crippen molar-refractivity contribution in [2.24, 2.45) is 0 Å². The lowest BCUT2D eigenvalue weighted by Crippen LogP contribution is -2.48. The van der Waals surface area contributed by atoms with Gasteiger partial charge in [-0.1, -0.05) is 0 Å². The van der Waals surface area contributed by atoms with Gasteiger partial charge in [-0.3, -0.25) is 9.69 Å². The third-order valence-corrected chi connectivity index (χ3v) is 5.48. The molecule has 0 aliphatic carbocycles. The molecule has 1 atom stereocenters. The normalized spacial score (nSPS) is 18.8. The summed E-state index contributed by atoms with van der Waals surface area (Å²) in [4.78, 5) is 38.3. The molecule has 32 heavy (non-hydrogen) atoms. The summed E-state index contributed by atoms with van der Waals surface area (Å²) in [5.41, 5.74) is 0.777. The summed E-state index contributed by atoms with van der Waals surface area (Å²) in [7, 11) is 0. The zero-order valence-electron chi connectivity index (χ0n) is 17.9. The number of amides is 3. The molecule has 1 unspecified atom stereocenters. The number of aromatic nitrogens is 2. The van der Waals surface area contributed by atoms with Gasteiger partial charge in [0.05, 0.1) is 25.5 Å². The molecule has 0 bridgehead atoms. The van der Waals surface area contributed by atoms with Crippen LogP contribution in [0.3, 0.4) is 0 Å². The molecule has 0 spiro atoms. The highest BCUT2D eigenvalue weighted by molar-refractivity contribution is 5.96. The number of hydrogen-bond donors (Lipinski definition) is 0. The maximum absolute atomic E-state index is 13.0. The Morgan fingerprint density at radius 3 is 2.62 bits per heavy atom. The van der Waals surface area contributed by atoms with Gasteiger partial charge in [-0.05, 0) is 44.0 Å². The van der Waals surface area contributed by atoms with Crippen molar-refractivity contribution in [3.05, 3.63) is 42.5 Å². The molecule has 0 N–H and O–H groups in total. The maximum Gasteiger partial charge on any atom is 0.325 e. The van der Waals surface area contributed by atoms with Crippen LogP contribution in [0.15, 0.2) is 36.7 Å². The molecule has 4 rings (SSSR count). The van der Waals surface area contributed by atoms with Crippen LogP contribution in [0, 0.1) is 5.82 Å². The second kappa shape index (κ2) is 9.80. The zero-order chi connectivity index (χ0) is 22.5. The SMILES string of the molecule is CCOc1ccc(N2CCN(CC(=O)N3CCCC(Oc4ncc(F)cn4)C3)C2=O)cc1. The monoisotopic (exact) mass is 443 g/mol. The number of carbonyl (C=O) groups is 2. The number of likely N-dealkylation sites (tertiary alicyclic amines) is 1. The van der Waals surface area contributed by atoms with E-state index in [4.69, 9.17) is 9.47 Å². The minimum Gasteiger partial charge on any atom is -0.494 e. The van der Waals surface area contributed by atoms with Gasteiger partial charge >= 0.3 is 12.0 Å². The highest BCUT2D eigenvalue weighted by Gasteiger charge is 2.33. The van der Waals surface area contributed by atoms with Gasteiger partial charge in [0.1, 0.15) is 18.4 Å². The van der Waals surface area contributed by atoms with Gasteiger partial charge in [-0.2, -0.15) is 0 Å². The lowest BCUT2D eigenvalue weighted by Gasteiger charge is -2.33. The van der Waals surface area contributed by atoms with Gasteiger partial charge < -0.3 is 19.3 Å². The summed E-state index contributed by atoms with van der Waals surface area (Å²) in [6.07, 6.45) is 3.34. The van der Waals surface area contributed by atoms with E-state index in [2.05, 4.69) is 9.97 Å². The van der Waals surface area contributed by atoms with E-state index in [-0.39, 0.29) is 30.6 Å².